The first-order valence-electron chi connectivity index (χ1n) is 11.8. The summed E-state index contributed by atoms with van der Waals surface area (Å²) in [6.07, 6.45) is 1.21. The highest BCUT2D eigenvalue weighted by Crippen LogP contribution is 2.47. The van der Waals surface area contributed by atoms with Crippen LogP contribution in [0.2, 0.25) is 0 Å². The molecule has 6 rings (SSSR count). The van der Waals surface area contributed by atoms with Crippen molar-refractivity contribution in [1.82, 2.24) is 5.16 Å². The van der Waals surface area contributed by atoms with E-state index in [0.717, 1.165) is 52.4 Å². The summed E-state index contributed by atoms with van der Waals surface area (Å²) in [4.78, 5) is 16.2. The van der Waals surface area contributed by atoms with E-state index >= 15 is 0 Å². The number of piperidine rings is 1. The molecule has 1 fully saturated rings. The molecule has 1 aromatic heterocycles. The van der Waals surface area contributed by atoms with Gasteiger partial charge in [-0.05, 0) is 36.5 Å². The van der Waals surface area contributed by atoms with Gasteiger partial charge in [-0.2, -0.15) is 0 Å². The van der Waals surface area contributed by atoms with E-state index in [1.165, 1.54) is 6.42 Å². The standard InChI is InChI=1S/C28H27N3O3/c1-16-11-17(2)15-31(14-16)23-13-22(29-18-7-6-8-19(12-18)33-3)24-25-26(23)30-34-28(25)21-10-5-4-9-20(21)27(24)32/h4-10,12-13,16-17,29H,11,14-15H2,1-3H3. The fourth-order valence-electron chi connectivity index (χ4n) is 5.60. The van der Waals surface area contributed by atoms with E-state index in [0.29, 0.717) is 28.7 Å². The topological polar surface area (TPSA) is 67.6 Å². The van der Waals surface area contributed by atoms with Crippen LogP contribution in [0.3, 0.4) is 0 Å². The quantitative estimate of drug-likeness (QED) is 0.346. The van der Waals surface area contributed by atoms with Gasteiger partial charge < -0.3 is 19.5 Å². The number of fused-ring (bicyclic) bond motifs is 2. The van der Waals surface area contributed by atoms with E-state index < -0.39 is 0 Å². The van der Waals surface area contributed by atoms with E-state index in [4.69, 9.17) is 9.26 Å². The number of methoxy groups -OCH3 is 1. The zero-order valence-electron chi connectivity index (χ0n) is 19.6. The summed E-state index contributed by atoms with van der Waals surface area (Å²) in [6, 6.07) is 17.4. The SMILES string of the molecule is COc1cccc(Nc2cc(N3CC(C)CC(C)C3)c3noc4c3c2C(=O)c2ccccc2-4)c1. The lowest BCUT2D eigenvalue weighted by molar-refractivity contribution is 0.104. The molecule has 0 spiro atoms. The maximum Gasteiger partial charge on any atom is 0.196 e. The maximum atomic E-state index is 13.8. The van der Waals surface area contributed by atoms with Gasteiger partial charge in [-0.3, -0.25) is 4.79 Å². The third kappa shape index (κ3) is 3.24. The van der Waals surface area contributed by atoms with E-state index in [1.807, 2.05) is 48.5 Å². The Labute approximate surface area is 198 Å². The Hall–Kier alpha value is -3.80. The van der Waals surface area contributed by atoms with Gasteiger partial charge >= 0.3 is 0 Å². The number of hydrogen-bond donors (Lipinski definition) is 1. The molecule has 1 saturated heterocycles. The van der Waals surface area contributed by atoms with Crippen LogP contribution in [0.25, 0.3) is 22.2 Å². The summed E-state index contributed by atoms with van der Waals surface area (Å²) in [5.74, 6) is 2.55. The third-order valence-corrected chi connectivity index (χ3v) is 6.94. The summed E-state index contributed by atoms with van der Waals surface area (Å²) in [7, 11) is 1.65. The number of aromatic nitrogens is 1. The van der Waals surface area contributed by atoms with Gasteiger partial charge in [0.25, 0.3) is 0 Å². The van der Waals surface area contributed by atoms with Crippen molar-refractivity contribution < 1.29 is 14.1 Å². The zero-order chi connectivity index (χ0) is 23.4. The average molecular weight is 454 g/mol. The van der Waals surface area contributed by atoms with Crippen molar-refractivity contribution >= 4 is 33.7 Å². The van der Waals surface area contributed by atoms with Gasteiger partial charge in [0.15, 0.2) is 11.5 Å². The monoisotopic (exact) mass is 453 g/mol. The molecular weight excluding hydrogens is 426 g/mol. The maximum absolute atomic E-state index is 13.8. The number of carbonyl (C=O) groups is 1. The number of benzene rings is 3. The highest BCUT2D eigenvalue weighted by atomic mass is 16.5. The summed E-state index contributed by atoms with van der Waals surface area (Å²) >= 11 is 0. The molecule has 1 aliphatic heterocycles. The molecule has 172 valence electrons. The van der Waals surface area contributed by atoms with E-state index in [9.17, 15) is 4.79 Å². The summed E-state index contributed by atoms with van der Waals surface area (Å²) in [5.41, 5.74) is 5.41. The van der Waals surface area contributed by atoms with Crippen molar-refractivity contribution in [1.29, 1.82) is 0 Å². The first-order chi connectivity index (χ1) is 16.5. The lowest BCUT2D eigenvalue weighted by Crippen LogP contribution is -2.39. The molecule has 3 aromatic carbocycles. The number of ketones is 1. The number of nitrogens with one attached hydrogen (secondary N) is 1. The fourth-order valence-corrected chi connectivity index (χ4v) is 5.60. The molecule has 1 N–H and O–H groups in total. The Morgan fingerprint density at radius 2 is 1.79 bits per heavy atom. The molecule has 2 aliphatic rings. The minimum Gasteiger partial charge on any atom is -0.497 e. The normalized spacial score (nSPS) is 19.3. The fraction of sp³-hybridized carbons (Fsp3) is 0.286. The molecule has 0 bridgehead atoms. The Balaban J connectivity index is 1.59. The predicted molar refractivity (Wildman–Crippen MR) is 134 cm³/mol. The average Bonchev–Trinajstić information content (AvgIpc) is 3.27. The molecule has 0 saturated carbocycles. The van der Waals surface area contributed by atoms with Crippen LogP contribution in [0.1, 0.15) is 36.2 Å². The Kier molecular flexibility index (Phi) is 4.83. The molecule has 4 aromatic rings. The molecule has 0 amide bonds. The minimum absolute atomic E-state index is 0.0198. The Morgan fingerprint density at radius 3 is 2.56 bits per heavy atom. The van der Waals surface area contributed by atoms with E-state index in [2.05, 4.69) is 35.3 Å². The van der Waals surface area contributed by atoms with Crippen molar-refractivity contribution in [3.05, 3.63) is 65.7 Å². The van der Waals surface area contributed by atoms with Crippen LogP contribution < -0.4 is 15.0 Å². The van der Waals surface area contributed by atoms with Crippen molar-refractivity contribution in [3.8, 4) is 17.1 Å². The number of carbonyl (C=O) groups excluding carboxylic acids is 1. The van der Waals surface area contributed by atoms with Crippen molar-refractivity contribution in [2.45, 2.75) is 20.3 Å². The number of hydrogen-bond acceptors (Lipinski definition) is 6. The third-order valence-electron chi connectivity index (χ3n) is 6.94. The van der Waals surface area contributed by atoms with Crippen LogP contribution >= 0.6 is 0 Å². The molecular formula is C28H27N3O3. The Bertz CT molecular complexity index is 1410. The second-order valence-corrected chi connectivity index (χ2v) is 9.64. The van der Waals surface area contributed by atoms with Gasteiger partial charge in [0.1, 0.15) is 11.3 Å². The number of ether oxygens (including phenoxy) is 1. The lowest BCUT2D eigenvalue weighted by Gasteiger charge is -2.37. The first-order valence-corrected chi connectivity index (χ1v) is 11.8. The van der Waals surface area contributed by atoms with Gasteiger partial charge in [-0.15, -0.1) is 0 Å². The highest BCUT2D eigenvalue weighted by molar-refractivity contribution is 6.28. The highest BCUT2D eigenvalue weighted by Gasteiger charge is 2.34. The molecule has 2 unspecified atom stereocenters. The summed E-state index contributed by atoms with van der Waals surface area (Å²) in [6.45, 7) is 6.48. The van der Waals surface area contributed by atoms with Gasteiger partial charge in [-0.1, -0.05) is 49.3 Å². The van der Waals surface area contributed by atoms with Gasteiger partial charge in [0.05, 0.1) is 29.4 Å². The molecule has 2 atom stereocenters. The van der Waals surface area contributed by atoms with Crippen molar-refractivity contribution in [3.63, 3.8) is 0 Å². The van der Waals surface area contributed by atoms with Crippen LogP contribution in [-0.2, 0) is 0 Å². The molecule has 2 heterocycles. The van der Waals surface area contributed by atoms with Crippen LogP contribution in [0.4, 0.5) is 17.1 Å². The number of rotatable bonds is 4. The zero-order valence-corrected chi connectivity index (χ0v) is 19.6. The molecule has 1 aliphatic carbocycles. The van der Waals surface area contributed by atoms with Gasteiger partial charge in [0.2, 0.25) is 0 Å². The van der Waals surface area contributed by atoms with Gasteiger partial charge in [-0.25, -0.2) is 0 Å². The van der Waals surface area contributed by atoms with Crippen LogP contribution in [0, 0.1) is 11.8 Å². The molecule has 6 heteroatoms. The number of nitrogens with zero attached hydrogens (tertiary/aromatic N) is 2. The first kappa shape index (κ1) is 20.8. The summed E-state index contributed by atoms with van der Waals surface area (Å²) < 4.78 is 11.3. The van der Waals surface area contributed by atoms with Crippen LogP contribution in [0.15, 0.2) is 59.1 Å². The van der Waals surface area contributed by atoms with Crippen molar-refractivity contribution in [2.24, 2.45) is 11.8 Å². The van der Waals surface area contributed by atoms with Crippen LogP contribution in [-0.4, -0.2) is 31.1 Å². The summed E-state index contributed by atoms with van der Waals surface area (Å²) in [5, 5.41) is 8.80. The lowest BCUT2D eigenvalue weighted by atomic mass is 9.85. The van der Waals surface area contributed by atoms with Gasteiger partial charge in [0, 0.05) is 36.0 Å². The smallest absolute Gasteiger partial charge is 0.196 e. The second kappa shape index (κ2) is 7.90. The molecule has 34 heavy (non-hydrogen) atoms. The largest absolute Gasteiger partial charge is 0.497 e. The van der Waals surface area contributed by atoms with E-state index in [1.54, 1.807) is 7.11 Å². The minimum atomic E-state index is -0.0198. The molecule has 6 nitrogen and oxygen atoms in total. The molecule has 0 radical (unpaired) electrons. The van der Waals surface area contributed by atoms with E-state index in [-0.39, 0.29) is 5.78 Å². The van der Waals surface area contributed by atoms with Crippen LogP contribution in [0.5, 0.6) is 5.75 Å². The van der Waals surface area contributed by atoms with Crippen molar-refractivity contribution in [2.75, 3.05) is 30.4 Å². The second-order valence-electron chi connectivity index (χ2n) is 9.64. The Morgan fingerprint density at radius 1 is 1.03 bits per heavy atom. The predicted octanol–water partition coefficient (Wildman–Crippen LogP) is 6.27. The number of anilines is 3.